The van der Waals surface area contributed by atoms with Gasteiger partial charge < -0.3 is 14.2 Å². The Morgan fingerprint density at radius 3 is 2.96 bits per heavy atom. The zero-order valence-electron chi connectivity index (χ0n) is 14.6. The maximum atomic E-state index is 14.1. The molecule has 2 fully saturated rings. The molecule has 1 aliphatic heterocycles. The topological polar surface area (TPSA) is 77.3 Å². The van der Waals surface area contributed by atoms with Gasteiger partial charge in [-0.15, -0.1) is 0 Å². The van der Waals surface area contributed by atoms with Crippen molar-refractivity contribution in [3.8, 4) is 0 Å². The minimum atomic E-state index is -1.78. The van der Waals surface area contributed by atoms with Gasteiger partial charge in [-0.25, -0.2) is 23.5 Å². The van der Waals surface area contributed by atoms with Crippen LogP contribution in [0.3, 0.4) is 0 Å². The zero-order valence-corrected chi connectivity index (χ0v) is 14.6. The second-order valence-corrected chi connectivity index (χ2v) is 6.80. The molecular weight excluding hydrogens is 358 g/mol. The summed E-state index contributed by atoms with van der Waals surface area (Å²) in [5.41, 5.74) is -0.755. The first-order valence-electron chi connectivity index (χ1n) is 8.68. The van der Waals surface area contributed by atoms with Gasteiger partial charge >= 0.3 is 5.97 Å². The summed E-state index contributed by atoms with van der Waals surface area (Å²) in [4.78, 5) is 33.1. The lowest BCUT2D eigenvalue weighted by Crippen LogP contribution is -2.29. The summed E-state index contributed by atoms with van der Waals surface area (Å²) in [7, 11) is 0. The highest BCUT2D eigenvalue weighted by Gasteiger charge is 2.72. The van der Waals surface area contributed by atoms with Crippen LogP contribution in [0, 0.1) is 5.92 Å². The van der Waals surface area contributed by atoms with Gasteiger partial charge in [-0.05, 0) is 13.0 Å². The van der Waals surface area contributed by atoms with Gasteiger partial charge in [-0.3, -0.25) is 4.79 Å². The number of hydrogen-bond donors (Lipinski definition) is 0. The average Bonchev–Trinajstić information content (AvgIpc) is 3.07. The molecule has 9 heteroatoms. The number of pyridine rings is 1. The summed E-state index contributed by atoms with van der Waals surface area (Å²) in [5, 5.41) is 0. The predicted molar refractivity (Wildman–Crippen MR) is 91.3 cm³/mol. The van der Waals surface area contributed by atoms with E-state index in [4.69, 9.17) is 4.74 Å². The third kappa shape index (κ3) is 2.96. The number of piperidine rings is 1. The van der Waals surface area contributed by atoms with E-state index in [1.807, 2.05) is 0 Å². The summed E-state index contributed by atoms with van der Waals surface area (Å²) in [6.07, 6.45) is 2.23. The molecule has 3 unspecified atom stereocenters. The second-order valence-electron chi connectivity index (χ2n) is 6.80. The number of halogens is 2. The molecule has 0 radical (unpaired) electrons. The number of esters is 1. The molecule has 7 nitrogen and oxygen atoms in total. The number of carbonyl (C=O) groups is 2. The second kappa shape index (κ2) is 6.40. The first kappa shape index (κ1) is 17.6. The van der Waals surface area contributed by atoms with E-state index >= 15 is 0 Å². The van der Waals surface area contributed by atoms with Crippen LogP contribution >= 0.6 is 0 Å². The molecule has 2 aliphatic rings. The van der Waals surface area contributed by atoms with E-state index < -0.39 is 23.7 Å². The fourth-order valence-electron chi connectivity index (χ4n) is 3.51. The van der Waals surface area contributed by atoms with Crippen molar-refractivity contribution in [2.75, 3.05) is 24.6 Å². The molecule has 3 heterocycles. The molecule has 0 aromatic carbocycles. The first-order valence-corrected chi connectivity index (χ1v) is 8.68. The fraction of sp³-hybridized carbons (Fsp3) is 0.444. The van der Waals surface area contributed by atoms with Crippen molar-refractivity contribution in [3.63, 3.8) is 0 Å². The van der Waals surface area contributed by atoms with Crippen LogP contribution in [0.4, 0.5) is 14.6 Å². The normalized spacial score (nSPS) is 26.0. The summed E-state index contributed by atoms with van der Waals surface area (Å²) >= 11 is 0. The quantitative estimate of drug-likeness (QED) is 0.565. The number of fused-ring (bicyclic) bond motifs is 1. The number of aldehydes is 1. The number of ether oxygens (including phenoxy) is 1. The number of nitrogens with zero attached hydrogens (tertiary/aromatic N) is 4. The third-order valence-corrected chi connectivity index (χ3v) is 5.07. The third-order valence-electron chi connectivity index (χ3n) is 5.07. The fourth-order valence-corrected chi connectivity index (χ4v) is 3.51. The smallest absolute Gasteiger partial charge is 0.358 e. The highest BCUT2D eigenvalue weighted by atomic mass is 19.2. The van der Waals surface area contributed by atoms with E-state index in [-0.39, 0.29) is 37.6 Å². The van der Waals surface area contributed by atoms with Gasteiger partial charge in [-0.1, -0.05) is 6.07 Å². The van der Waals surface area contributed by atoms with Gasteiger partial charge in [0.05, 0.1) is 26.0 Å². The van der Waals surface area contributed by atoms with E-state index in [0.29, 0.717) is 17.7 Å². The van der Waals surface area contributed by atoms with Crippen molar-refractivity contribution in [1.82, 2.24) is 14.5 Å². The number of alkyl halides is 2. The molecule has 142 valence electrons. The molecule has 0 spiro atoms. The van der Waals surface area contributed by atoms with E-state index in [2.05, 4.69) is 9.97 Å². The van der Waals surface area contributed by atoms with Gasteiger partial charge in [-0.2, -0.15) is 0 Å². The molecule has 2 aromatic rings. The Bertz CT molecular complexity index is 902. The molecule has 4 rings (SSSR count). The number of imidazole rings is 1. The van der Waals surface area contributed by atoms with Crippen molar-refractivity contribution in [2.24, 2.45) is 5.92 Å². The highest BCUT2D eigenvalue weighted by molar-refractivity contribution is 5.86. The van der Waals surface area contributed by atoms with Crippen LogP contribution in [0.2, 0.25) is 0 Å². The maximum absolute atomic E-state index is 14.1. The number of aromatic nitrogens is 3. The minimum absolute atomic E-state index is 0.0477. The summed E-state index contributed by atoms with van der Waals surface area (Å²) in [6, 6.07) is 3.41. The number of anilines is 1. The maximum Gasteiger partial charge on any atom is 0.358 e. The lowest BCUT2D eigenvalue weighted by Gasteiger charge is -2.21. The van der Waals surface area contributed by atoms with Crippen LogP contribution in [-0.2, 0) is 11.3 Å². The van der Waals surface area contributed by atoms with Gasteiger partial charge in [0.2, 0.25) is 0 Å². The van der Waals surface area contributed by atoms with Crippen LogP contribution < -0.4 is 4.90 Å². The van der Waals surface area contributed by atoms with Gasteiger partial charge in [0.1, 0.15) is 17.7 Å². The monoisotopic (exact) mass is 376 g/mol. The molecule has 0 amide bonds. The molecule has 1 saturated carbocycles. The minimum Gasteiger partial charge on any atom is -0.461 e. The molecule has 0 bridgehead atoms. The average molecular weight is 376 g/mol. The lowest BCUT2D eigenvalue weighted by atomic mass is 10.2. The molecular formula is C18H18F2N4O3. The van der Waals surface area contributed by atoms with Crippen LogP contribution in [0.15, 0.2) is 24.7 Å². The Labute approximate surface area is 154 Å². The van der Waals surface area contributed by atoms with Crippen molar-refractivity contribution in [1.29, 1.82) is 0 Å². The molecule has 0 N–H and O–H groups in total. The zero-order chi connectivity index (χ0) is 19.2. The number of hydrogen-bond acceptors (Lipinski definition) is 6. The highest BCUT2D eigenvalue weighted by Crippen LogP contribution is 2.55. The first-order chi connectivity index (χ1) is 13.0. The Hall–Kier alpha value is -2.84. The molecule has 27 heavy (non-hydrogen) atoms. The summed E-state index contributed by atoms with van der Waals surface area (Å²) < 4.78 is 34.0. The molecule has 2 aromatic heterocycles. The van der Waals surface area contributed by atoms with E-state index in [0.717, 1.165) is 0 Å². The van der Waals surface area contributed by atoms with Crippen LogP contribution in [0.25, 0.3) is 0 Å². The van der Waals surface area contributed by atoms with E-state index in [1.165, 1.54) is 12.5 Å². The Balaban J connectivity index is 1.49. The molecule has 1 saturated heterocycles. The van der Waals surface area contributed by atoms with Crippen LogP contribution in [0.1, 0.15) is 33.5 Å². The molecule has 1 aliphatic carbocycles. The van der Waals surface area contributed by atoms with E-state index in [9.17, 15) is 18.4 Å². The largest absolute Gasteiger partial charge is 0.461 e. The van der Waals surface area contributed by atoms with Crippen molar-refractivity contribution in [2.45, 2.75) is 25.3 Å². The Morgan fingerprint density at radius 1 is 1.48 bits per heavy atom. The number of rotatable bonds is 6. The Morgan fingerprint density at radius 2 is 2.30 bits per heavy atom. The predicted octanol–water partition coefficient (Wildman–Crippen LogP) is 1.81. The van der Waals surface area contributed by atoms with E-state index in [1.54, 1.807) is 28.5 Å². The summed E-state index contributed by atoms with van der Waals surface area (Å²) in [6.45, 7) is 2.46. The van der Waals surface area contributed by atoms with Gasteiger partial charge in [0, 0.05) is 24.2 Å². The Kier molecular flexibility index (Phi) is 4.16. The van der Waals surface area contributed by atoms with Crippen molar-refractivity contribution >= 4 is 18.1 Å². The number of carbonyl (C=O) groups excluding carboxylic acids is 2. The SMILES string of the molecule is CCOC(=O)c1cn(Cc2ccc(N3CC4C(F)C4(F)C3)nc2C=O)cn1. The molecule has 3 atom stereocenters. The van der Waals surface area contributed by atoms with Gasteiger partial charge in [0.15, 0.2) is 17.6 Å². The lowest BCUT2D eigenvalue weighted by molar-refractivity contribution is 0.0520. The van der Waals surface area contributed by atoms with Crippen molar-refractivity contribution < 1.29 is 23.1 Å². The summed E-state index contributed by atoms with van der Waals surface area (Å²) in [5.74, 6) is -0.666. The van der Waals surface area contributed by atoms with Crippen LogP contribution in [0.5, 0.6) is 0 Å². The van der Waals surface area contributed by atoms with Gasteiger partial charge in [0.25, 0.3) is 0 Å². The standard InChI is InChI=1S/C18H18F2N4O3/c1-2-27-17(26)13-7-23(10-21-13)5-11-3-4-15(22-14(11)8-25)24-6-12-16(19)18(12,20)9-24/h3-4,7-8,10,12,16H,2,5-6,9H2,1H3. The van der Waals surface area contributed by atoms with Crippen molar-refractivity contribution in [3.05, 3.63) is 41.6 Å². The van der Waals surface area contributed by atoms with Crippen LogP contribution in [-0.4, -0.2) is 58.3 Å².